The van der Waals surface area contributed by atoms with Crippen LogP contribution < -0.4 is 5.32 Å². The van der Waals surface area contributed by atoms with E-state index in [9.17, 15) is 35.9 Å². The van der Waals surface area contributed by atoms with Crippen molar-refractivity contribution in [2.24, 2.45) is 0 Å². The fourth-order valence-corrected chi connectivity index (χ4v) is 4.61. The van der Waals surface area contributed by atoms with Crippen LogP contribution in [-0.4, -0.2) is 60.1 Å². The van der Waals surface area contributed by atoms with E-state index in [0.29, 0.717) is 44.4 Å². The maximum Gasteiger partial charge on any atom is 0.416 e. The summed E-state index contributed by atoms with van der Waals surface area (Å²) in [6.07, 6.45) is -7.55. The van der Waals surface area contributed by atoms with Crippen molar-refractivity contribution in [1.82, 2.24) is 15.1 Å². The number of halogens is 6. The minimum absolute atomic E-state index is 0.0976. The largest absolute Gasteiger partial charge is 0.467 e. The molecule has 2 heterocycles. The second kappa shape index (κ2) is 10.0. The number of nitrogens with one attached hydrogen (secondary N) is 1. The third-order valence-corrected chi connectivity index (χ3v) is 6.35. The number of amides is 2. The van der Waals surface area contributed by atoms with Crippen molar-refractivity contribution in [1.29, 1.82) is 0 Å². The molecule has 1 N–H and O–H groups in total. The number of esters is 1. The van der Waals surface area contributed by atoms with Gasteiger partial charge < -0.3 is 19.9 Å². The second-order valence-electron chi connectivity index (χ2n) is 8.60. The highest BCUT2D eigenvalue weighted by atomic mass is 19.4. The maximum atomic E-state index is 13.1. The molecular weight excluding hydrogens is 468 g/mol. The average molecular weight is 495 g/mol. The Hall–Kier alpha value is -2.50. The predicted molar refractivity (Wildman–Crippen MR) is 110 cm³/mol. The normalized spacial score (nSPS) is 23.5. The van der Waals surface area contributed by atoms with E-state index in [0.717, 1.165) is 0 Å². The molecule has 0 aromatic heterocycles. The Morgan fingerprint density at radius 1 is 1.06 bits per heavy atom. The van der Waals surface area contributed by atoms with Crippen LogP contribution in [0.25, 0.3) is 0 Å². The van der Waals surface area contributed by atoms with Crippen LogP contribution in [0.15, 0.2) is 18.2 Å². The van der Waals surface area contributed by atoms with Crippen LogP contribution in [-0.2, 0) is 28.4 Å². The Morgan fingerprint density at radius 2 is 1.68 bits per heavy atom. The molecule has 2 aliphatic heterocycles. The van der Waals surface area contributed by atoms with Crippen LogP contribution in [0.1, 0.15) is 49.3 Å². The van der Waals surface area contributed by atoms with Crippen LogP contribution >= 0.6 is 0 Å². The van der Waals surface area contributed by atoms with E-state index in [1.165, 1.54) is 12.0 Å². The van der Waals surface area contributed by atoms with Gasteiger partial charge in [-0.2, -0.15) is 26.3 Å². The van der Waals surface area contributed by atoms with Crippen molar-refractivity contribution in [3.05, 3.63) is 34.9 Å². The van der Waals surface area contributed by atoms with Crippen molar-refractivity contribution in [3.8, 4) is 0 Å². The van der Waals surface area contributed by atoms with E-state index >= 15 is 0 Å². The summed E-state index contributed by atoms with van der Waals surface area (Å²) in [7, 11) is 1.26. The fourth-order valence-electron chi connectivity index (χ4n) is 4.61. The first kappa shape index (κ1) is 26.1. The molecule has 2 fully saturated rings. The zero-order valence-electron chi connectivity index (χ0n) is 18.8. The fraction of sp³-hybridized carbons (Fsp3) is 0.636. The Labute approximate surface area is 193 Å². The maximum absolute atomic E-state index is 13.1. The van der Waals surface area contributed by atoms with Gasteiger partial charge >= 0.3 is 24.4 Å². The molecule has 190 valence electrons. The molecule has 1 aromatic carbocycles. The van der Waals surface area contributed by atoms with E-state index in [4.69, 9.17) is 4.74 Å². The van der Waals surface area contributed by atoms with E-state index in [1.807, 2.05) is 6.92 Å². The molecule has 34 heavy (non-hydrogen) atoms. The lowest BCUT2D eigenvalue weighted by Gasteiger charge is -2.31. The minimum Gasteiger partial charge on any atom is -0.467 e. The van der Waals surface area contributed by atoms with Gasteiger partial charge in [0.2, 0.25) is 0 Å². The van der Waals surface area contributed by atoms with Gasteiger partial charge in [0, 0.05) is 31.7 Å². The van der Waals surface area contributed by atoms with Gasteiger partial charge in [0.15, 0.2) is 0 Å². The van der Waals surface area contributed by atoms with Gasteiger partial charge in [-0.1, -0.05) is 6.92 Å². The van der Waals surface area contributed by atoms with E-state index in [1.54, 1.807) is 4.90 Å². The Morgan fingerprint density at radius 3 is 2.21 bits per heavy atom. The van der Waals surface area contributed by atoms with E-state index < -0.39 is 35.5 Å². The average Bonchev–Trinajstić information content (AvgIpc) is 3.42. The first-order valence-electron chi connectivity index (χ1n) is 11.0. The summed E-state index contributed by atoms with van der Waals surface area (Å²) in [6, 6.07) is 0.0226. The number of urea groups is 1. The number of methoxy groups -OCH3 is 1. The van der Waals surface area contributed by atoms with Crippen molar-refractivity contribution in [2.45, 2.75) is 69.6 Å². The second-order valence-corrected chi connectivity index (χ2v) is 8.60. The summed E-state index contributed by atoms with van der Waals surface area (Å²) in [5, 5.41) is 3.00. The van der Waals surface area contributed by atoms with Gasteiger partial charge in [-0.15, -0.1) is 0 Å². The number of carbonyl (C=O) groups excluding carboxylic acids is 2. The quantitative estimate of drug-likeness (QED) is 0.485. The number of ether oxygens (including phenoxy) is 1. The number of alkyl halides is 6. The van der Waals surface area contributed by atoms with Crippen LogP contribution in [0.4, 0.5) is 31.1 Å². The Bertz CT molecular complexity index is 873. The Kier molecular flexibility index (Phi) is 7.69. The standard InChI is InChI=1S/C22H27F6N3O3/c1-3-17-10-16(12-31(17)20(33)30-6-4-5-18(30)19(32)34-2)29-11-13-7-14(21(23,24)25)9-15(8-13)22(26,27)28/h7-9,16-18,29H,3-6,10-12H2,1-2H3/t16-,17+,18+/m0/s1. The summed E-state index contributed by atoms with van der Waals surface area (Å²) in [5.41, 5.74) is -2.88. The lowest BCUT2D eigenvalue weighted by atomic mass is 10.0. The zero-order chi connectivity index (χ0) is 25.3. The van der Waals surface area contributed by atoms with Crippen LogP contribution in [0, 0.1) is 0 Å². The van der Waals surface area contributed by atoms with Crippen LogP contribution in [0.3, 0.4) is 0 Å². The first-order chi connectivity index (χ1) is 15.8. The predicted octanol–water partition coefficient (Wildman–Crippen LogP) is 4.42. The zero-order valence-corrected chi connectivity index (χ0v) is 18.8. The molecule has 3 atom stereocenters. The monoisotopic (exact) mass is 495 g/mol. The molecule has 0 aliphatic carbocycles. The molecule has 0 saturated carbocycles. The molecule has 0 radical (unpaired) electrons. The van der Waals surface area contributed by atoms with E-state index in [-0.39, 0.29) is 42.8 Å². The smallest absolute Gasteiger partial charge is 0.416 e. The Balaban J connectivity index is 1.71. The number of hydrogen-bond acceptors (Lipinski definition) is 4. The third kappa shape index (κ3) is 5.76. The van der Waals surface area contributed by atoms with E-state index in [2.05, 4.69) is 5.32 Å². The molecule has 12 heteroatoms. The van der Waals surface area contributed by atoms with Crippen LogP contribution in [0.5, 0.6) is 0 Å². The van der Waals surface area contributed by atoms with Gasteiger partial charge in [0.25, 0.3) is 0 Å². The molecule has 2 amide bonds. The lowest BCUT2D eigenvalue weighted by molar-refractivity contribution is -0.145. The number of benzene rings is 1. The number of carbonyl (C=O) groups is 2. The molecule has 6 nitrogen and oxygen atoms in total. The van der Waals surface area contributed by atoms with Gasteiger partial charge in [-0.05, 0) is 49.4 Å². The summed E-state index contributed by atoms with van der Waals surface area (Å²) < 4.78 is 83.4. The highest BCUT2D eigenvalue weighted by Crippen LogP contribution is 2.36. The van der Waals surface area contributed by atoms with Crippen LogP contribution in [0.2, 0.25) is 0 Å². The van der Waals surface area contributed by atoms with Gasteiger partial charge in [-0.25, -0.2) is 9.59 Å². The summed E-state index contributed by atoms with van der Waals surface area (Å²) in [4.78, 5) is 28.2. The van der Waals surface area contributed by atoms with Gasteiger partial charge in [0.05, 0.1) is 18.2 Å². The lowest BCUT2D eigenvalue weighted by Crippen LogP contribution is -2.50. The highest BCUT2D eigenvalue weighted by Gasteiger charge is 2.42. The number of hydrogen-bond donors (Lipinski definition) is 1. The van der Waals surface area contributed by atoms with Crippen molar-refractivity contribution in [2.75, 3.05) is 20.2 Å². The molecule has 3 rings (SSSR count). The number of rotatable bonds is 5. The molecule has 2 aliphatic rings. The minimum atomic E-state index is -4.91. The number of likely N-dealkylation sites (tertiary alicyclic amines) is 2. The topological polar surface area (TPSA) is 61.9 Å². The molecular formula is C22H27F6N3O3. The summed E-state index contributed by atoms with van der Waals surface area (Å²) >= 11 is 0. The molecule has 1 aromatic rings. The SMILES string of the molecule is CC[C@@H]1C[C@H](NCc2cc(C(F)(F)F)cc(C(F)(F)F)c2)CN1C(=O)N1CCC[C@@H]1C(=O)OC. The molecule has 0 unspecified atom stereocenters. The molecule has 0 bridgehead atoms. The molecule has 0 spiro atoms. The highest BCUT2D eigenvalue weighted by molar-refractivity contribution is 5.84. The molecule has 2 saturated heterocycles. The van der Waals surface area contributed by atoms with Crippen molar-refractivity contribution < 1.29 is 40.7 Å². The first-order valence-corrected chi connectivity index (χ1v) is 11.0. The summed E-state index contributed by atoms with van der Waals surface area (Å²) in [5.74, 6) is -0.488. The van der Waals surface area contributed by atoms with Crippen molar-refractivity contribution >= 4 is 12.0 Å². The summed E-state index contributed by atoms with van der Waals surface area (Å²) in [6.45, 7) is 2.31. The van der Waals surface area contributed by atoms with Gasteiger partial charge in [-0.3, -0.25) is 0 Å². The third-order valence-electron chi connectivity index (χ3n) is 6.35. The number of nitrogens with zero attached hydrogens (tertiary/aromatic N) is 2. The van der Waals surface area contributed by atoms with Gasteiger partial charge in [0.1, 0.15) is 6.04 Å². The van der Waals surface area contributed by atoms with Crippen molar-refractivity contribution in [3.63, 3.8) is 0 Å².